The fourth-order valence-electron chi connectivity index (χ4n) is 8.98. The molecule has 0 radical (unpaired) electrons. The molecule has 0 bridgehead atoms. The second-order valence-corrected chi connectivity index (χ2v) is 18.1. The van der Waals surface area contributed by atoms with Crippen LogP contribution in [0.4, 0.5) is 17.1 Å². The number of rotatable bonds is 13. The van der Waals surface area contributed by atoms with Crippen molar-refractivity contribution < 1.29 is 27.6 Å². The van der Waals surface area contributed by atoms with Gasteiger partial charge in [0.1, 0.15) is 22.8 Å². The largest absolute Gasteiger partial charge is 0.455 e. The summed E-state index contributed by atoms with van der Waals surface area (Å²) in [5.74, 6) is 0.325. The van der Waals surface area contributed by atoms with E-state index in [4.69, 9.17) is 9.47 Å². The average molecular weight is 856 g/mol. The molecule has 6 aromatic rings. The predicted molar refractivity (Wildman–Crippen MR) is 237 cm³/mol. The molecule has 0 spiro atoms. The number of carbonyl (C=O) groups is 1. The van der Waals surface area contributed by atoms with Crippen LogP contribution >= 0.6 is 0 Å². The van der Waals surface area contributed by atoms with Crippen LogP contribution in [0.15, 0.2) is 120 Å². The van der Waals surface area contributed by atoms with Gasteiger partial charge < -0.3 is 24.7 Å². The molecular formula is C47H49N7O7S. The fraction of sp³-hybridized carbons (Fsp3) is 0.319. The summed E-state index contributed by atoms with van der Waals surface area (Å²) in [6.07, 6.45) is 7.88. The topological polar surface area (TPSA) is 172 Å². The normalized spacial score (nSPS) is 17.7. The van der Waals surface area contributed by atoms with Gasteiger partial charge in [0.25, 0.3) is 21.6 Å². The van der Waals surface area contributed by atoms with E-state index in [-0.39, 0.29) is 22.9 Å². The quantitative estimate of drug-likeness (QED) is 0.0755. The number of piperidine rings is 1. The predicted octanol–water partition coefficient (Wildman–Crippen LogP) is 8.24. The van der Waals surface area contributed by atoms with Crippen LogP contribution in [0.2, 0.25) is 0 Å². The lowest BCUT2D eigenvalue weighted by Gasteiger charge is -2.41. The lowest BCUT2D eigenvalue weighted by atomic mass is 9.87. The smallest absolute Gasteiger partial charge is 0.293 e. The molecule has 15 heteroatoms. The number of sulfonamides is 1. The molecule has 4 aromatic carbocycles. The lowest BCUT2D eigenvalue weighted by Crippen LogP contribution is -2.41. The number of anilines is 2. The van der Waals surface area contributed by atoms with Crippen LogP contribution in [0.5, 0.6) is 11.5 Å². The fourth-order valence-corrected chi connectivity index (χ4v) is 9.97. The molecule has 320 valence electrons. The number of carbonyl (C=O) groups excluding carboxylic acids is 1. The minimum atomic E-state index is -4.55. The van der Waals surface area contributed by atoms with Crippen LogP contribution in [0.25, 0.3) is 11.0 Å². The molecule has 2 aromatic heterocycles. The molecule has 9 rings (SSSR count). The van der Waals surface area contributed by atoms with E-state index in [2.05, 4.69) is 84.4 Å². The number of benzene rings is 4. The van der Waals surface area contributed by atoms with E-state index >= 15 is 0 Å². The summed E-state index contributed by atoms with van der Waals surface area (Å²) in [5.41, 5.74) is 5.41. The summed E-state index contributed by atoms with van der Waals surface area (Å²) >= 11 is 0. The highest BCUT2D eigenvalue weighted by Gasteiger charge is 2.32. The van der Waals surface area contributed by atoms with Gasteiger partial charge in [0.05, 0.1) is 21.6 Å². The van der Waals surface area contributed by atoms with Gasteiger partial charge in [-0.3, -0.25) is 19.8 Å². The summed E-state index contributed by atoms with van der Waals surface area (Å²) in [6, 6.07) is 32.2. The van der Waals surface area contributed by atoms with Crippen molar-refractivity contribution in [3.8, 4) is 11.5 Å². The van der Waals surface area contributed by atoms with Gasteiger partial charge in [0.15, 0.2) is 0 Å². The number of hydrogen-bond donors (Lipinski definition) is 3. The van der Waals surface area contributed by atoms with Crippen molar-refractivity contribution in [3.05, 3.63) is 148 Å². The van der Waals surface area contributed by atoms with Crippen LogP contribution in [0.3, 0.4) is 0 Å². The molecule has 14 nitrogen and oxygen atoms in total. The maximum absolute atomic E-state index is 13.9. The minimum absolute atomic E-state index is 0.0250. The van der Waals surface area contributed by atoms with Crippen LogP contribution in [0.1, 0.15) is 58.8 Å². The van der Waals surface area contributed by atoms with E-state index in [0.717, 1.165) is 75.4 Å². The van der Waals surface area contributed by atoms with Gasteiger partial charge >= 0.3 is 0 Å². The number of amides is 1. The molecule has 2 saturated heterocycles. The number of hydrogen-bond acceptors (Lipinski definition) is 11. The molecule has 0 saturated carbocycles. The average Bonchev–Trinajstić information content (AvgIpc) is 3.77. The molecule has 5 heterocycles. The zero-order valence-corrected chi connectivity index (χ0v) is 35.1. The summed E-state index contributed by atoms with van der Waals surface area (Å²) in [4.78, 5) is 37.4. The second-order valence-electron chi connectivity index (χ2n) is 16.4. The SMILES string of the molecule is O=C(NS(=O)(=O)c1ccc(NCC2CCOCC2)c([N+](=O)[O-])c1)c1ccc(N2CCC(CN3Cc4ccccc4CC3c3ccccc3)CC2)cc1Oc1cnc2[nH]ccc2c1. The van der Waals surface area contributed by atoms with Gasteiger partial charge in [0.2, 0.25) is 0 Å². The number of nitro groups is 1. The van der Waals surface area contributed by atoms with E-state index in [9.17, 15) is 23.3 Å². The zero-order valence-electron chi connectivity index (χ0n) is 34.2. The molecule has 1 unspecified atom stereocenters. The Bertz CT molecular complexity index is 2680. The number of nitrogens with zero attached hydrogens (tertiary/aromatic N) is 4. The first-order valence-corrected chi connectivity index (χ1v) is 22.7. The summed E-state index contributed by atoms with van der Waals surface area (Å²) in [5, 5.41) is 16.0. The Balaban J connectivity index is 0.922. The summed E-state index contributed by atoms with van der Waals surface area (Å²) in [6.45, 7) is 5.22. The Morgan fingerprint density at radius 1 is 0.903 bits per heavy atom. The zero-order chi connectivity index (χ0) is 42.6. The molecular weight excluding hydrogens is 807 g/mol. The van der Waals surface area contributed by atoms with Crippen molar-refractivity contribution in [2.75, 3.05) is 49.6 Å². The third kappa shape index (κ3) is 9.15. The standard InChI is InChI=1S/C47H49N7O7S/c55-47(51-62(58,59)40-11-13-42(44(27-40)54(56)57)49-28-32-17-22-60-23-18-32)41-12-10-38(26-45(41)61-39-24-36-14-19-48-46(36)50-29-39)52-20-15-33(16-21-52)30-53-31-37-9-5-4-8-35(37)25-43(53)34-6-2-1-3-7-34/h1-14,19,24,26-27,29,32-33,43,49H,15-18,20-23,25,28,30-31H2,(H,48,50)(H,51,55). The van der Waals surface area contributed by atoms with Crippen LogP contribution in [-0.4, -0.2) is 73.5 Å². The Morgan fingerprint density at radius 3 is 2.47 bits per heavy atom. The van der Waals surface area contributed by atoms with E-state index < -0.39 is 31.4 Å². The molecule has 1 atom stereocenters. The van der Waals surface area contributed by atoms with Crippen molar-refractivity contribution in [1.82, 2.24) is 19.6 Å². The Kier molecular flexibility index (Phi) is 11.9. The number of pyridine rings is 1. The van der Waals surface area contributed by atoms with Crippen molar-refractivity contribution in [2.45, 2.75) is 49.6 Å². The number of fused-ring (bicyclic) bond motifs is 2. The van der Waals surface area contributed by atoms with Gasteiger partial charge in [0, 0.05) is 81.4 Å². The monoisotopic (exact) mass is 855 g/mol. The highest BCUT2D eigenvalue weighted by molar-refractivity contribution is 7.90. The van der Waals surface area contributed by atoms with Gasteiger partial charge in [-0.1, -0.05) is 54.6 Å². The van der Waals surface area contributed by atoms with Crippen LogP contribution in [-0.2, 0) is 27.7 Å². The van der Waals surface area contributed by atoms with Gasteiger partial charge in [-0.05, 0) is 97.0 Å². The number of aromatic amines is 1. The minimum Gasteiger partial charge on any atom is -0.455 e. The second kappa shape index (κ2) is 18.0. The molecule has 3 aliphatic rings. The first-order valence-electron chi connectivity index (χ1n) is 21.2. The molecule has 62 heavy (non-hydrogen) atoms. The third-order valence-corrected chi connectivity index (χ3v) is 13.8. The van der Waals surface area contributed by atoms with Crippen molar-refractivity contribution in [1.29, 1.82) is 0 Å². The first kappa shape index (κ1) is 41.1. The van der Waals surface area contributed by atoms with Crippen LogP contribution < -0.4 is 19.7 Å². The maximum atomic E-state index is 13.9. The highest BCUT2D eigenvalue weighted by atomic mass is 32.2. The number of H-pyrrole nitrogens is 1. The summed E-state index contributed by atoms with van der Waals surface area (Å²) < 4.78 is 41.3. The number of nitrogens with one attached hydrogen (secondary N) is 3. The van der Waals surface area contributed by atoms with E-state index in [1.54, 1.807) is 30.5 Å². The first-order chi connectivity index (χ1) is 30.2. The number of nitro benzene ring substituents is 1. The van der Waals surface area contributed by atoms with Crippen molar-refractivity contribution >= 4 is 44.0 Å². The Labute approximate surface area is 360 Å². The van der Waals surface area contributed by atoms with Gasteiger partial charge in [-0.15, -0.1) is 0 Å². The van der Waals surface area contributed by atoms with Gasteiger partial charge in [-0.25, -0.2) is 18.1 Å². The Morgan fingerprint density at radius 2 is 1.68 bits per heavy atom. The number of ether oxygens (including phenoxy) is 2. The lowest BCUT2D eigenvalue weighted by molar-refractivity contribution is -0.384. The molecule has 3 N–H and O–H groups in total. The van der Waals surface area contributed by atoms with Crippen molar-refractivity contribution in [3.63, 3.8) is 0 Å². The Hall–Kier alpha value is -6.29. The number of aromatic nitrogens is 2. The van der Waals surface area contributed by atoms with Crippen LogP contribution in [0, 0.1) is 22.0 Å². The molecule has 2 fully saturated rings. The van der Waals surface area contributed by atoms with E-state index in [1.165, 1.54) is 35.0 Å². The van der Waals surface area contributed by atoms with Gasteiger partial charge in [-0.2, -0.15) is 0 Å². The highest BCUT2D eigenvalue weighted by Crippen LogP contribution is 2.37. The van der Waals surface area contributed by atoms with Crippen molar-refractivity contribution in [2.24, 2.45) is 11.8 Å². The van der Waals surface area contributed by atoms with E-state index in [1.807, 2.05) is 6.07 Å². The van der Waals surface area contributed by atoms with E-state index in [0.29, 0.717) is 43.1 Å². The molecule has 0 aliphatic carbocycles. The maximum Gasteiger partial charge on any atom is 0.293 e. The summed E-state index contributed by atoms with van der Waals surface area (Å²) in [7, 11) is -4.55. The molecule has 1 amide bonds. The third-order valence-electron chi connectivity index (χ3n) is 12.4. The molecule has 3 aliphatic heterocycles.